The fourth-order valence-electron chi connectivity index (χ4n) is 2.24. The van der Waals surface area contributed by atoms with Crippen LogP contribution in [0.25, 0.3) is 0 Å². The van der Waals surface area contributed by atoms with Crippen LogP contribution in [0.4, 0.5) is 0 Å². The van der Waals surface area contributed by atoms with Crippen LogP contribution in [0, 0.1) is 11.8 Å². The second-order valence-corrected chi connectivity index (χ2v) is 6.09. The SMILES string of the molecule is C=C(/C(C)=C/N(CC1C=CC=CC1)C(C)C)C(C)C. The van der Waals surface area contributed by atoms with Gasteiger partial charge in [0, 0.05) is 18.8 Å². The summed E-state index contributed by atoms with van der Waals surface area (Å²) in [7, 11) is 0. The largest absolute Gasteiger partial charge is 0.374 e. The van der Waals surface area contributed by atoms with E-state index >= 15 is 0 Å². The summed E-state index contributed by atoms with van der Waals surface area (Å²) in [5.74, 6) is 1.14. The minimum absolute atomic E-state index is 0.516. The summed E-state index contributed by atoms with van der Waals surface area (Å²) in [5.41, 5.74) is 2.55. The molecular formula is C18H29N. The van der Waals surface area contributed by atoms with Gasteiger partial charge in [0.15, 0.2) is 0 Å². The van der Waals surface area contributed by atoms with E-state index in [1.807, 2.05) is 0 Å². The molecule has 1 unspecified atom stereocenters. The minimum atomic E-state index is 0.516. The van der Waals surface area contributed by atoms with E-state index in [4.69, 9.17) is 0 Å². The molecule has 1 aliphatic carbocycles. The van der Waals surface area contributed by atoms with Crippen LogP contribution >= 0.6 is 0 Å². The van der Waals surface area contributed by atoms with Crippen LogP contribution in [-0.2, 0) is 0 Å². The van der Waals surface area contributed by atoms with Crippen LogP contribution in [-0.4, -0.2) is 17.5 Å². The molecule has 0 bridgehead atoms. The van der Waals surface area contributed by atoms with Crippen LogP contribution in [0.3, 0.4) is 0 Å². The molecule has 0 aromatic rings. The fourth-order valence-corrected chi connectivity index (χ4v) is 2.24. The van der Waals surface area contributed by atoms with E-state index in [-0.39, 0.29) is 0 Å². The highest BCUT2D eigenvalue weighted by molar-refractivity contribution is 5.27. The van der Waals surface area contributed by atoms with Crippen molar-refractivity contribution in [1.82, 2.24) is 4.90 Å². The third kappa shape index (κ3) is 5.10. The summed E-state index contributed by atoms with van der Waals surface area (Å²) < 4.78 is 0. The summed E-state index contributed by atoms with van der Waals surface area (Å²) in [6.07, 6.45) is 12.3. The summed E-state index contributed by atoms with van der Waals surface area (Å²) in [6, 6.07) is 0.522. The Bertz CT molecular complexity index is 382. The zero-order valence-electron chi connectivity index (χ0n) is 13.2. The maximum Gasteiger partial charge on any atom is 0.0241 e. The zero-order valence-corrected chi connectivity index (χ0v) is 13.2. The first-order valence-electron chi connectivity index (χ1n) is 7.38. The number of hydrogen-bond donors (Lipinski definition) is 0. The van der Waals surface area contributed by atoms with Gasteiger partial charge in [-0.3, -0.25) is 0 Å². The van der Waals surface area contributed by atoms with Crippen LogP contribution in [0.2, 0.25) is 0 Å². The van der Waals surface area contributed by atoms with Crippen molar-refractivity contribution in [2.45, 2.75) is 47.1 Å². The predicted octanol–water partition coefficient (Wildman–Crippen LogP) is 4.95. The summed E-state index contributed by atoms with van der Waals surface area (Å²) >= 11 is 0. The Morgan fingerprint density at radius 2 is 2.00 bits per heavy atom. The molecule has 19 heavy (non-hydrogen) atoms. The number of rotatable bonds is 6. The third-order valence-electron chi connectivity index (χ3n) is 3.74. The van der Waals surface area contributed by atoms with E-state index in [1.165, 1.54) is 11.1 Å². The summed E-state index contributed by atoms with van der Waals surface area (Å²) in [4.78, 5) is 2.44. The zero-order chi connectivity index (χ0) is 14.4. The highest BCUT2D eigenvalue weighted by Crippen LogP contribution is 2.20. The minimum Gasteiger partial charge on any atom is -0.374 e. The molecule has 0 saturated carbocycles. The van der Waals surface area contributed by atoms with Crippen LogP contribution in [0.5, 0.6) is 0 Å². The third-order valence-corrected chi connectivity index (χ3v) is 3.74. The summed E-state index contributed by atoms with van der Waals surface area (Å²) in [5, 5.41) is 0. The van der Waals surface area contributed by atoms with Crippen LogP contribution in [0.15, 0.2) is 48.2 Å². The van der Waals surface area contributed by atoms with Crippen molar-refractivity contribution in [2.24, 2.45) is 11.8 Å². The maximum atomic E-state index is 4.19. The standard InChI is InChI=1S/C18H29N/c1-14(2)17(6)16(5)12-19(15(3)4)13-18-10-8-7-9-11-18/h7-10,12,14-15,18H,6,11,13H2,1-5H3/b16-12+. The Kier molecular flexibility index (Phi) is 6.14. The van der Waals surface area contributed by atoms with Gasteiger partial charge >= 0.3 is 0 Å². The molecule has 0 amide bonds. The van der Waals surface area contributed by atoms with Gasteiger partial charge in [-0.25, -0.2) is 0 Å². The lowest BCUT2D eigenvalue weighted by Gasteiger charge is -2.30. The van der Waals surface area contributed by atoms with Gasteiger partial charge in [-0.1, -0.05) is 44.7 Å². The maximum absolute atomic E-state index is 4.19. The average molecular weight is 259 g/mol. The Hall–Kier alpha value is -1.24. The van der Waals surface area contributed by atoms with E-state index in [9.17, 15) is 0 Å². The van der Waals surface area contributed by atoms with Gasteiger partial charge in [-0.15, -0.1) is 0 Å². The van der Waals surface area contributed by atoms with Gasteiger partial charge in [0.25, 0.3) is 0 Å². The van der Waals surface area contributed by atoms with Gasteiger partial charge in [0.2, 0.25) is 0 Å². The number of allylic oxidation sites excluding steroid dienone is 5. The van der Waals surface area contributed by atoms with Crippen molar-refractivity contribution in [3.05, 3.63) is 48.2 Å². The molecule has 106 valence electrons. The van der Waals surface area contributed by atoms with Gasteiger partial charge in [-0.05, 0) is 50.2 Å². The molecule has 0 heterocycles. The Morgan fingerprint density at radius 1 is 1.32 bits per heavy atom. The Balaban J connectivity index is 2.72. The smallest absolute Gasteiger partial charge is 0.0241 e. The van der Waals surface area contributed by atoms with Crippen LogP contribution in [0.1, 0.15) is 41.0 Å². The second kappa shape index (κ2) is 7.37. The molecule has 0 aromatic heterocycles. The predicted molar refractivity (Wildman–Crippen MR) is 86.0 cm³/mol. The normalized spacial score (nSPS) is 19.3. The molecule has 1 aliphatic rings. The van der Waals surface area contributed by atoms with E-state index in [0.29, 0.717) is 17.9 Å². The molecule has 0 saturated heterocycles. The van der Waals surface area contributed by atoms with Crippen molar-refractivity contribution >= 4 is 0 Å². The lowest BCUT2D eigenvalue weighted by molar-refractivity contribution is 0.279. The second-order valence-electron chi connectivity index (χ2n) is 6.09. The lowest BCUT2D eigenvalue weighted by Crippen LogP contribution is -2.31. The topological polar surface area (TPSA) is 3.24 Å². The van der Waals surface area contributed by atoms with Gasteiger partial charge in [0.1, 0.15) is 0 Å². The monoisotopic (exact) mass is 259 g/mol. The molecule has 1 rings (SSSR count). The highest BCUT2D eigenvalue weighted by Gasteiger charge is 2.13. The summed E-state index contributed by atoms with van der Waals surface area (Å²) in [6.45, 7) is 16.4. The van der Waals surface area contributed by atoms with E-state index < -0.39 is 0 Å². The Morgan fingerprint density at radius 3 is 2.47 bits per heavy atom. The van der Waals surface area contributed by atoms with Crippen molar-refractivity contribution in [3.63, 3.8) is 0 Å². The average Bonchev–Trinajstić information content (AvgIpc) is 2.37. The lowest BCUT2D eigenvalue weighted by atomic mass is 9.97. The van der Waals surface area contributed by atoms with Crippen LogP contribution < -0.4 is 0 Å². The molecule has 0 radical (unpaired) electrons. The molecule has 1 nitrogen and oxygen atoms in total. The number of nitrogens with zero attached hydrogens (tertiary/aromatic N) is 1. The molecule has 0 aliphatic heterocycles. The molecule has 0 aromatic carbocycles. The molecule has 1 heteroatoms. The quantitative estimate of drug-likeness (QED) is 0.610. The van der Waals surface area contributed by atoms with Crippen molar-refractivity contribution in [1.29, 1.82) is 0 Å². The van der Waals surface area contributed by atoms with E-state index in [0.717, 1.165) is 13.0 Å². The van der Waals surface area contributed by atoms with E-state index in [1.54, 1.807) is 0 Å². The first kappa shape index (κ1) is 15.8. The van der Waals surface area contributed by atoms with E-state index in [2.05, 4.69) is 76.6 Å². The first-order chi connectivity index (χ1) is 8.91. The van der Waals surface area contributed by atoms with Crippen molar-refractivity contribution in [3.8, 4) is 0 Å². The highest BCUT2D eigenvalue weighted by atomic mass is 15.1. The van der Waals surface area contributed by atoms with Gasteiger partial charge in [-0.2, -0.15) is 0 Å². The van der Waals surface area contributed by atoms with Gasteiger partial charge < -0.3 is 4.90 Å². The molecule has 0 fully saturated rings. The molecular weight excluding hydrogens is 230 g/mol. The number of hydrogen-bond acceptors (Lipinski definition) is 1. The van der Waals surface area contributed by atoms with Crippen molar-refractivity contribution < 1.29 is 0 Å². The Labute approximate surface area is 119 Å². The van der Waals surface area contributed by atoms with Gasteiger partial charge in [0.05, 0.1) is 0 Å². The first-order valence-corrected chi connectivity index (χ1v) is 7.38. The fraction of sp³-hybridized carbons (Fsp3) is 0.556. The van der Waals surface area contributed by atoms with Crippen molar-refractivity contribution in [2.75, 3.05) is 6.54 Å². The molecule has 0 N–H and O–H groups in total. The molecule has 0 spiro atoms. The molecule has 1 atom stereocenters.